The lowest BCUT2D eigenvalue weighted by molar-refractivity contribution is -0.132. The molecule has 0 aliphatic rings. The Morgan fingerprint density at radius 3 is 2.70 bits per heavy atom. The maximum Gasteiger partial charge on any atom is 0.236 e. The molecule has 1 atom stereocenters. The van der Waals surface area contributed by atoms with Crippen LogP contribution in [0.2, 0.25) is 0 Å². The van der Waals surface area contributed by atoms with Gasteiger partial charge >= 0.3 is 0 Å². The van der Waals surface area contributed by atoms with Gasteiger partial charge in [0.15, 0.2) is 0 Å². The number of para-hydroxylation sites is 1. The number of nitrogens with zero attached hydrogens (tertiary/aromatic N) is 1. The molecule has 0 aliphatic heterocycles. The van der Waals surface area contributed by atoms with Gasteiger partial charge in [0.1, 0.15) is 11.3 Å². The van der Waals surface area contributed by atoms with Crippen molar-refractivity contribution in [2.45, 2.75) is 26.3 Å². The first kappa shape index (κ1) is 16.5. The molecular formula is C15H21ClN2O2. The predicted molar refractivity (Wildman–Crippen MR) is 82.9 cm³/mol. The van der Waals surface area contributed by atoms with Gasteiger partial charge < -0.3 is 15.1 Å². The zero-order valence-corrected chi connectivity index (χ0v) is 12.7. The molecule has 1 aromatic carbocycles. The summed E-state index contributed by atoms with van der Waals surface area (Å²) in [5.74, 6) is 0.756. The van der Waals surface area contributed by atoms with Gasteiger partial charge in [-0.15, -0.1) is 12.4 Å². The Morgan fingerprint density at radius 1 is 1.40 bits per heavy atom. The summed E-state index contributed by atoms with van der Waals surface area (Å²) in [7, 11) is 0. The number of carbonyl (C=O) groups is 1. The molecule has 0 spiro atoms. The Hall–Kier alpha value is -1.52. The van der Waals surface area contributed by atoms with Gasteiger partial charge in [-0.2, -0.15) is 0 Å². The van der Waals surface area contributed by atoms with Gasteiger partial charge in [0.2, 0.25) is 5.91 Å². The minimum atomic E-state index is -0.0941. The van der Waals surface area contributed by atoms with E-state index in [-0.39, 0.29) is 30.9 Å². The van der Waals surface area contributed by atoms with E-state index in [4.69, 9.17) is 10.2 Å². The van der Waals surface area contributed by atoms with Gasteiger partial charge in [-0.3, -0.25) is 4.79 Å². The number of benzene rings is 1. The second-order valence-corrected chi connectivity index (χ2v) is 4.65. The third-order valence-electron chi connectivity index (χ3n) is 3.28. The van der Waals surface area contributed by atoms with Crippen LogP contribution in [0.1, 0.15) is 32.1 Å². The van der Waals surface area contributed by atoms with E-state index in [2.05, 4.69) is 0 Å². The third kappa shape index (κ3) is 3.32. The van der Waals surface area contributed by atoms with E-state index in [0.717, 1.165) is 23.2 Å². The van der Waals surface area contributed by atoms with Crippen LogP contribution in [0.3, 0.4) is 0 Å². The molecule has 0 bridgehead atoms. The lowest BCUT2D eigenvalue weighted by Gasteiger charge is -2.27. The average molecular weight is 297 g/mol. The van der Waals surface area contributed by atoms with Crippen LogP contribution in [0.5, 0.6) is 0 Å². The summed E-state index contributed by atoms with van der Waals surface area (Å²) >= 11 is 0. The number of fused-ring (bicyclic) bond motifs is 1. The zero-order chi connectivity index (χ0) is 13.8. The Bertz CT molecular complexity index is 535. The first-order chi connectivity index (χ1) is 9.17. The molecule has 0 aliphatic carbocycles. The molecule has 2 aromatic rings. The molecule has 110 valence electrons. The monoisotopic (exact) mass is 296 g/mol. The topological polar surface area (TPSA) is 59.5 Å². The number of amides is 1. The smallest absolute Gasteiger partial charge is 0.236 e. The first-order valence-corrected chi connectivity index (χ1v) is 6.65. The average Bonchev–Trinajstić information content (AvgIpc) is 2.87. The van der Waals surface area contributed by atoms with Crippen molar-refractivity contribution in [3.63, 3.8) is 0 Å². The molecule has 20 heavy (non-hydrogen) atoms. The summed E-state index contributed by atoms with van der Waals surface area (Å²) in [5.41, 5.74) is 6.32. The minimum absolute atomic E-state index is 0. The van der Waals surface area contributed by atoms with Gasteiger partial charge in [0, 0.05) is 11.9 Å². The van der Waals surface area contributed by atoms with Crippen molar-refractivity contribution in [3.8, 4) is 0 Å². The quantitative estimate of drug-likeness (QED) is 0.922. The number of carbonyl (C=O) groups excluding carboxylic acids is 1. The number of hydrogen-bond acceptors (Lipinski definition) is 3. The van der Waals surface area contributed by atoms with Gasteiger partial charge in [-0.1, -0.05) is 25.1 Å². The van der Waals surface area contributed by atoms with Crippen LogP contribution in [0.4, 0.5) is 0 Å². The minimum Gasteiger partial charge on any atom is -0.459 e. The highest BCUT2D eigenvalue weighted by Crippen LogP contribution is 2.27. The lowest BCUT2D eigenvalue weighted by atomic mass is 10.2. The van der Waals surface area contributed by atoms with Gasteiger partial charge in [0.25, 0.3) is 0 Å². The Balaban J connectivity index is 0.00000200. The number of hydrogen-bond donors (Lipinski definition) is 1. The normalized spacial score (nSPS) is 11.9. The van der Waals surface area contributed by atoms with Crippen molar-refractivity contribution in [2.24, 2.45) is 5.73 Å². The largest absolute Gasteiger partial charge is 0.459 e. The van der Waals surface area contributed by atoms with Crippen molar-refractivity contribution < 1.29 is 9.21 Å². The Kier molecular flexibility index (Phi) is 6.05. The van der Waals surface area contributed by atoms with Crippen LogP contribution in [-0.4, -0.2) is 23.9 Å². The standard InChI is InChI=1S/C15H20N2O2.ClH/c1-3-8-17(15(18)10-16)11(2)14-9-12-6-4-5-7-13(12)19-14;/h4-7,9,11H,3,8,10,16H2,1-2H3;1H. The molecule has 0 radical (unpaired) electrons. The summed E-state index contributed by atoms with van der Waals surface area (Å²) in [5, 5.41) is 1.06. The fourth-order valence-corrected chi connectivity index (χ4v) is 2.25. The molecule has 2 N–H and O–H groups in total. The summed E-state index contributed by atoms with van der Waals surface area (Å²) < 4.78 is 5.82. The first-order valence-electron chi connectivity index (χ1n) is 6.65. The van der Waals surface area contributed by atoms with Crippen molar-refractivity contribution >= 4 is 29.3 Å². The van der Waals surface area contributed by atoms with E-state index in [0.29, 0.717) is 6.54 Å². The summed E-state index contributed by atoms with van der Waals surface area (Å²) in [4.78, 5) is 13.7. The molecule has 5 heteroatoms. The lowest BCUT2D eigenvalue weighted by Crippen LogP contribution is -2.38. The van der Waals surface area contributed by atoms with Crippen molar-refractivity contribution in [1.82, 2.24) is 4.90 Å². The second-order valence-electron chi connectivity index (χ2n) is 4.65. The van der Waals surface area contributed by atoms with Crippen LogP contribution in [0.25, 0.3) is 11.0 Å². The van der Waals surface area contributed by atoms with Crippen molar-refractivity contribution in [3.05, 3.63) is 36.1 Å². The van der Waals surface area contributed by atoms with Crippen molar-refractivity contribution in [1.29, 1.82) is 0 Å². The van der Waals surface area contributed by atoms with Gasteiger partial charge in [-0.25, -0.2) is 0 Å². The molecular weight excluding hydrogens is 276 g/mol. The summed E-state index contributed by atoms with van der Waals surface area (Å²) in [6, 6.07) is 9.75. The maximum atomic E-state index is 11.9. The predicted octanol–water partition coefficient (Wildman–Crippen LogP) is 3.11. The molecule has 0 saturated heterocycles. The highest BCUT2D eigenvalue weighted by Gasteiger charge is 2.22. The molecule has 1 heterocycles. The Labute approximate surface area is 125 Å². The number of rotatable bonds is 5. The van der Waals surface area contributed by atoms with E-state index in [1.807, 2.05) is 44.2 Å². The van der Waals surface area contributed by atoms with Crippen LogP contribution >= 0.6 is 12.4 Å². The third-order valence-corrected chi connectivity index (χ3v) is 3.28. The fraction of sp³-hybridized carbons (Fsp3) is 0.400. The molecule has 1 amide bonds. The number of halogens is 1. The van der Waals surface area contributed by atoms with E-state index in [9.17, 15) is 4.79 Å². The highest BCUT2D eigenvalue weighted by atomic mass is 35.5. The van der Waals surface area contributed by atoms with E-state index >= 15 is 0 Å². The maximum absolute atomic E-state index is 11.9. The molecule has 0 saturated carbocycles. The van der Waals surface area contributed by atoms with Crippen LogP contribution < -0.4 is 5.73 Å². The van der Waals surface area contributed by atoms with Gasteiger partial charge in [-0.05, 0) is 25.5 Å². The Morgan fingerprint density at radius 2 is 2.10 bits per heavy atom. The molecule has 4 nitrogen and oxygen atoms in total. The zero-order valence-electron chi connectivity index (χ0n) is 11.8. The fourth-order valence-electron chi connectivity index (χ4n) is 2.25. The van der Waals surface area contributed by atoms with Crippen LogP contribution in [-0.2, 0) is 4.79 Å². The molecule has 1 unspecified atom stereocenters. The van der Waals surface area contributed by atoms with Crippen LogP contribution in [0.15, 0.2) is 34.7 Å². The number of furan rings is 1. The number of nitrogens with two attached hydrogens (primary N) is 1. The SMILES string of the molecule is CCCN(C(=O)CN)C(C)c1cc2ccccc2o1.Cl. The van der Waals surface area contributed by atoms with E-state index in [1.165, 1.54) is 0 Å². The van der Waals surface area contributed by atoms with Crippen molar-refractivity contribution in [2.75, 3.05) is 13.1 Å². The highest BCUT2D eigenvalue weighted by molar-refractivity contribution is 5.85. The van der Waals surface area contributed by atoms with E-state index < -0.39 is 0 Å². The summed E-state index contributed by atoms with van der Waals surface area (Å²) in [6.07, 6.45) is 0.899. The second kappa shape index (κ2) is 7.31. The van der Waals surface area contributed by atoms with Crippen LogP contribution in [0, 0.1) is 0 Å². The molecule has 2 rings (SSSR count). The van der Waals surface area contributed by atoms with E-state index in [1.54, 1.807) is 4.90 Å². The van der Waals surface area contributed by atoms with Gasteiger partial charge in [0.05, 0.1) is 12.6 Å². The molecule has 1 aromatic heterocycles. The molecule has 0 fully saturated rings. The summed E-state index contributed by atoms with van der Waals surface area (Å²) in [6.45, 7) is 4.74.